The van der Waals surface area contributed by atoms with Crippen LogP contribution in [-0.2, 0) is 17.8 Å². The van der Waals surface area contributed by atoms with Gasteiger partial charge in [-0.05, 0) is 42.6 Å². The minimum Gasteiger partial charge on any atom is -0.381 e. The van der Waals surface area contributed by atoms with E-state index in [0.717, 1.165) is 49.3 Å². The molecule has 0 radical (unpaired) electrons. The van der Waals surface area contributed by atoms with Crippen LogP contribution >= 0.6 is 27.5 Å². The van der Waals surface area contributed by atoms with Crippen molar-refractivity contribution in [3.63, 3.8) is 0 Å². The van der Waals surface area contributed by atoms with Crippen LogP contribution in [0.5, 0.6) is 0 Å². The summed E-state index contributed by atoms with van der Waals surface area (Å²) in [6.45, 7) is 7.35. The Morgan fingerprint density at radius 2 is 2.16 bits per heavy atom. The summed E-state index contributed by atoms with van der Waals surface area (Å²) in [6.07, 6.45) is 1.93. The Morgan fingerprint density at radius 1 is 1.47 bits per heavy atom. The van der Waals surface area contributed by atoms with Crippen molar-refractivity contribution in [2.45, 2.75) is 45.3 Å². The van der Waals surface area contributed by atoms with Crippen LogP contribution in [-0.4, -0.2) is 34.4 Å². The molecule has 0 amide bonds. The summed E-state index contributed by atoms with van der Waals surface area (Å²) in [5.41, 5.74) is 2.22. The standard InChI is InChI=1S/C13H21BrClN3O/c1-3-18-11(12(14)10(2)17-18)8-16-13(9-15)4-6-19-7-5-13/h16H,3-9H2,1-2H3. The summed E-state index contributed by atoms with van der Waals surface area (Å²) in [7, 11) is 0. The van der Waals surface area contributed by atoms with E-state index in [-0.39, 0.29) is 5.54 Å². The van der Waals surface area contributed by atoms with Gasteiger partial charge in [0.15, 0.2) is 0 Å². The lowest BCUT2D eigenvalue weighted by Crippen LogP contribution is -2.50. The van der Waals surface area contributed by atoms with Gasteiger partial charge in [0.25, 0.3) is 0 Å². The number of rotatable bonds is 5. The minimum absolute atomic E-state index is 0.00398. The smallest absolute Gasteiger partial charge is 0.0739 e. The highest BCUT2D eigenvalue weighted by atomic mass is 79.9. The van der Waals surface area contributed by atoms with Crippen LogP contribution in [0.2, 0.25) is 0 Å². The summed E-state index contributed by atoms with van der Waals surface area (Å²) in [6, 6.07) is 0. The summed E-state index contributed by atoms with van der Waals surface area (Å²) in [5, 5.41) is 8.14. The zero-order valence-electron chi connectivity index (χ0n) is 11.5. The number of halogens is 2. The summed E-state index contributed by atoms with van der Waals surface area (Å²) < 4.78 is 8.56. The van der Waals surface area contributed by atoms with Crippen molar-refractivity contribution in [3.8, 4) is 0 Å². The van der Waals surface area contributed by atoms with Crippen molar-refractivity contribution < 1.29 is 4.74 Å². The third-order valence-electron chi connectivity index (χ3n) is 3.79. The zero-order chi connectivity index (χ0) is 13.9. The normalized spacial score (nSPS) is 18.7. The van der Waals surface area contributed by atoms with Crippen molar-refractivity contribution in [3.05, 3.63) is 15.9 Å². The monoisotopic (exact) mass is 349 g/mol. The van der Waals surface area contributed by atoms with Crippen LogP contribution in [0.15, 0.2) is 4.47 Å². The van der Waals surface area contributed by atoms with E-state index < -0.39 is 0 Å². The molecule has 1 aliphatic rings. The van der Waals surface area contributed by atoms with Gasteiger partial charge < -0.3 is 10.1 Å². The molecule has 2 heterocycles. The maximum Gasteiger partial charge on any atom is 0.0739 e. The lowest BCUT2D eigenvalue weighted by Gasteiger charge is -2.36. The van der Waals surface area contributed by atoms with Crippen molar-refractivity contribution in [1.29, 1.82) is 0 Å². The number of aryl methyl sites for hydroxylation is 2. The van der Waals surface area contributed by atoms with Crippen LogP contribution in [0.1, 0.15) is 31.2 Å². The van der Waals surface area contributed by atoms with Gasteiger partial charge >= 0.3 is 0 Å². The van der Waals surface area contributed by atoms with Gasteiger partial charge in [-0.3, -0.25) is 4.68 Å². The highest BCUT2D eigenvalue weighted by Crippen LogP contribution is 2.25. The maximum absolute atomic E-state index is 6.17. The van der Waals surface area contributed by atoms with Crippen LogP contribution in [0.25, 0.3) is 0 Å². The lowest BCUT2D eigenvalue weighted by molar-refractivity contribution is 0.0456. The molecule has 1 aliphatic heterocycles. The zero-order valence-corrected chi connectivity index (χ0v) is 13.9. The molecule has 19 heavy (non-hydrogen) atoms. The topological polar surface area (TPSA) is 39.1 Å². The maximum atomic E-state index is 6.17. The van der Waals surface area contributed by atoms with Gasteiger partial charge in [0.2, 0.25) is 0 Å². The Balaban J connectivity index is 2.08. The predicted molar refractivity (Wildman–Crippen MR) is 80.7 cm³/mol. The average molecular weight is 351 g/mol. The lowest BCUT2D eigenvalue weighted by atomic mass is 9.92. The van der Waals surface area contributed by atoms with Gasteiger partial charge in [-0.1, -0.05) is 0 Å². The first-order valence-electron chi connectivity index (χ1n) is 6.72. The third kappa shape index (κ3) is 3.32. The number of nitrogens with zero attached hydrogens (tertiary/aromatic N) is 2. The number of hydrogen-bond acceptors (Lipinski definition) is 3. The highest BCUT2D eigenvalue weighted by molar-refractivity contribution is 9.10. The van der Waals surface area contributed by atoms with Crippen LogP contribution in [0.4, 0.5) is 0 Å². The SMILES string of the molecule is CCn1nc(C)c(Br)c1CNC1(CCl)CCOCC1. The van der Waals surface area contributed by atoms with Crippen molar-refractivity contribution >= 4 is 27.5 Å². The van der Waals surface area contributed by atoms with Gasteiger partial charge in [0, 0.05) is 37.7 Å². The van der Waals surface area contributed by atoms with Crippen LogP contribution in [0, 0.1) is 6.92 Å². The van der Waals surface area contributed by atoms with Crippen molar-refractivity contribution in [1.82, 2.24) is 15.1 Å². The molecule has 1 aromatic heterocycles. The molecule has 0 saturated carbocycles. The largest absolute Gasteiger partial charge is 0.381 e. The summed E-state index contributed by atoms with van der Waals surface area (Å²) in [4.78, 5) is 0. The molecule has 0 spiro atoms. The molecule has 0 bridgehead atoms. The van der Waals surface area contributed by atoms with E-state index in [1.165, 1.54) is 5.69 Å². The number of nitrogens with one attached hydrogen (secondary N) is 1. The number of alkyl halides is 1. The third-order valence-corrected chi connectivity index (χ3v) is 5.33. The molecule has 1 saturated heterocycles. The van der Waals surface area contributed by atoms with Crippen molar-refractivity contribution in [2.75, 3.05) is 19.1 Å². The molecule has 0 unspecified atom stereocenters. The molecular formula is C13H21BrClN3O. The second-order valence-electron chi connectivity index (χ2n) is 5.04. The van der Waals surface area contributed by atoms with E-state index in [9.17, 15) is 0 Å². The fraction of sp³-hybridized carbons (Fsp3) is 0.769. The van der Waals surface area contributed by atoms with E-state index in [1.54, 1.807) is 0 Å². The molecule has 1 fully saturated rings. The molecular weight excluding hydrogens is 330 g/mol. The summed E-state index contributed by atoms with van der Waals surface area (Å²) >= 11 is 9.80. The van der Waals surface area contributed by atoms with Crippen LogP contribution < -0.4 is 5.32 Å². The van der Waals surface area contributed by atoms with Gasteiger partial charge in [-0.2, -0.15) is 5.10 Å². The van der Waals surface area contributed by atoms with E-state index in [1.807, 2.05) is 11.6 Å². The molecule has 0 atom stereocenters. The molecule has 6 heteroatoms. The number of aromatic nitrogens is 2. The van der Waals surface area contributed by atoms with E-state index >= 15 is 0 Å². The second kappa shape index (κ2) is 6.57. The fourth-order valence-corrected chi connectivity index (χ4v) is 3.21. The average Bonchev–Trinajstić information content (AvgIpc) is 2.73. The Bertz CT molecular complexity index is 430. The molecule has 0 aliphatic carbocycles. The Morgan fingerprint density at radius 3 is 2.74 bits per heavy atom. The molecule has 108 valence electrons. The van der Waals surface area contributed by atoms with Gasteiger partial charge in [0.05, 0.1) is 15.9 Å². The Hall–Kier alpha value is -0.100. The van der Waals surface area contributed by atoms with Gasteiger partial charge in [-0.15, -0.1) is 11.6 Å². The molecule has 1 N–H and O–H groups in total. The quantitative estimate of drug-likeness (QED) is 0.830. The Labute approximate surface area is 128 Å². The van der Waals surface area contributed by atoms with E-state index in [0.29, 0.717) is 5.88 Å². The van der Waals surface area contributed by atoms with Crippen molar-refractivity contribution in [2.24, 2.45) is 0 Å². The van der Waals surface area contributed by atoms with Gasteiger partial charge in [-0.25, -0.2) is 0 Å². The first-order chi connectivity index (χ1) is 9.12. The van der Waals surface area contributed by atoms with Gasteiger partial charge in [0.1, 0.15) is 0 Å². The Kier molecular flexibility index (Phi) is 5.29. The fourth-order valence-electron chi connectivity index (χ4n) is 2.43. The second-order valence-corrected chi connectivity index (χ2v) is 6.10. The number of hydrogen-bond donors (Lipinski definition) is 1. The molecule has 1 aromatic rings. The van der Waals surface area contributed by atoms with Crippen LogP contribution in [0.3, 0.4) is 0 Å². The highest BCUT2D eigenvalue weighted by Gasteiger charge is 2.31. The number of ether oxygens (including phenoxy) is 1. The first-order valence-corrected chi connectivity index (χ1v) is 8.05. The predicted octanol–water partition coefficient (Wildman–Crippen LogP) is 2.85. The van der Waals surface area contributed by atoms with E-state index in [2.05, 4.69) is 33.3 Å². The summed E-state index contributed by atoms with van der Waals surface area (Å²) in [5.74, 6) is 0.618. The first kappa shape index (κ1) is 15.3. The minimum atomic E-state index is -0.00398. The molecule has 4 nitrogen and oxygen atoms in total. The molecule has 2 rings (SSSR count). The molecule has 0 aromatic carbocycles. The van der Waals surface area contributed by atoms with E-state index in [4.69, 9.17) is 16.3 Å².